The number of fused-ring (bicyclic) bond motifs is 1. The van der Waals surface area contributed by atoms with Gasteiger partial charge in [-0.1, -0.05) is 0 Å². The lowest BCUT2D eigenvalue weighted by Crippen LogP contribution is -2.44. The van der Waals surface area contributed by atoms with Crippen molar-refractivity contribution in [1.29, 1.82) is 0 Å². The minimum absolute atomic E-state index is 0.0174. The fourth-order valence-corrected chi connectivity index (χ4v) is 4.94. The number of sulfonamides is 1. The summed E-state index contributed by atoms with van der Waals surface area (Å²) in [7, 11) is -3.93. The van der Waals surface area contributed by atoms with Crippen LogP contribution in [0.5, 0.6) is 11.5 Å². The summed E-state index contributed by atoms with van der Waals surface area (Å²) in [5.74, 6) is 1.06. The van der Waals surface area contributed by atoms with Gasteiger partial charge in [0.25, 0.3) is 0 Å². The molecule has 1 aromatic carbocycles. The molecule has 2 heterocycles. The molecule has 2 aromatic rings. The zero-order valence-corrected chi connectivity index (χ0v) is 17.9. The van der Waals surface area contributed by atoms with E-state index in [1.807, 2.05) is 18.6 Å². The van der Waals surface area contributed by atoms with Crippen LogP contribution < -0.4 is 19.5 Å². The van der Waals surface area contributed by atoms with Crippen LogP contribution in [0.3, 0.4) is 0 Å². The zero-order chi connectivity index (χ0) is 20.1. The van der Waals surface area contributed by atoms with Gasteiger partial charge in [0.15, 0.2) is 16.6 Å². The van der Waals surface area contributed by atoms with Gasteiger partial charge >= 0.3 is 0 Å². The van der Waals surface area contributed by atoms with Crippen LogP contribution in [-0.4, -0.2) is 50.6 Å². The fourth-order valence-electron chi connectivity index (χ4n) is 2.53. The average Bonchev–Trinajstić information content (AvgIpc) is 3.09. The molecule has 1 aliphatic heterocycles. The molecular weight excluding hydrogens is 422 g/mol. The zero-order valence-electron chi connectivity index (χ0n) is 15.4. The number of rotatable bonds is 8. The van der Waals surface area contributed by atoms with Crippen molar-refractivity contribution in [2.45, 2.75) is 24.3 Å². The first-order valence-electron chi connectivity index (χ1n) is 8.53. The lowest BCUT2D eigenvalue weighted by atomic mass is 10.2. The van der Waals surface area contributed by atoms with Crippen molar-refractivity contribution in [1.82, 2.24) is 9.71 Å². The van der Waals surface area contributed by atoms with Crippen molar-refractivity contribution in [3.8, 4) is 11.5 Å². The van der Waals surface area contributed by atoms with Crippen LogP contribution in [0.2, 0.25) is 0 Å². The third kappa shape index (κ3) is 5.16. The summed E-state index contributed by atoms with van der Waals surface area (Å²) in [5.41, 5.74) is 0.790. The molecule has 0 bridgehead atoms. The molecule has 0 saturated carbocycles. The molecular formula is C17H21N3O5S3. The number of thiazole rings is 1. The fraction of sp³-hybridized carbons (Fsp3) is 0.412. The maximum absolute atomic E-state index is 12.8. The van der Waals surface area contributed by atoms with Gasteiger partial charge < -0.3 is 14.8 Å². The Balaban J connectivity index is 1.77. The minimum Gasteiger partial charge on any atom is -0.486 e. The normalized spacial score (nSPS) is 14.5. The molecule has 1 aromatic heterocycles. The van der Waals surface area contributed by atoms with Gasteiger partial charge in [-0.2, -0.15) is 16.5 Å². The Bertz CT molecular complexity index is 945. The predicted molar refractivity (Wildman–Crippen MR) is 110 cm³/mol. The number of hydrogen-bond acceptors (Lipinski definition) is 8. The Hall–Kier alpha value is -1.82. The first kappa shape index (κ1) is 20.9. The Morgan fingerprint density at radius 1 is 1.32 bits per heavy atom. The van der Waals surface area contributed by atoms with Crippen molar-refractivity contribution in [3.05, 3.63) is 29.3 Å². The van der Waals surface area contributed by atoms with E-state index in [0.717, 1.165) is 5.69 Å². The number of amides is 1. The van der Waals surface area contributed by atoms with Crippen molar-refractivity contribution in [2.24, 2.45) is 0 Å². The molecule has 1 aliphatic rings. The number of anilines is 1. The highest BCUT2D eigenvalue weighted by Gasteiger charge is 2.27. The van der Waals surface area contributed by atoms with Crippen molar-refractivity contribution >= 4 is 44.2 Å². The van der Waals surface area contributed by atoms with Crippen LogP contribution in [-0.2, 0) is 14.8 Å². The lowest BCUT2D eigenvalue weighted by Gasteiger charge is -2.20. The van der Waals surface area contributed by atoms with Gasteiger partial charge in [-0.3, -0.25) is 4.79 Å². The molecule has 0 radical (unpaired) electrons. The molecule has 0 saturated heterocycles. The minimum atomic E-state index is -3.93. The van der Waals surface area contributed by atoms with E-state index < -0.39 is 22.0 Å². The van der Waals surface area contributed by atoms with Gasteiger partial charge in [-0.25, -0.2) is 13.4 Å². The smallest absolute Gasteiger partial charge is 0.244 e. The molecule has 3 rings (SSSR count). The first-order valence-corrected chi connectivity index (χ1v) is 12.3. The lowest BCUT2D eigenvalue weighted by molar-refractivity contribution is -0.117. The molecule has 8 nitrogen and oxygen atoms in total. The van der Waals surface area contributed by atoms with E-state index in [1.54, 1.807) is 6.07 Å². The molecule has 0 unspecified atom stereocenters. The highest BCUT2D eigenvalue weighted by Crippen LogP contribution is 2.32. The molecule has 0 fully saturated rings. The second-order valence-corrected chi connectivity index (χ2v) is 9.60. The van der Waals surface area contributed by atoms with E-state index in [1.165, 1.54) is 35.2 Å². The van der Waals surface area contributed by atoms with Crippen LogP contribution in [0.25, 0.3) is 0 Å². The number of thioether (sulfide) groups is 1. The monoisotopic (exact) mass is 443 g/mol. The Labute approximate surface area is 172 Å². The SMILES string of the molecule is CSCC[C@@H](NS(=O)(=O)c1ccc2c(c1)OCCO2)C(=O)Nc1nc(C)cs1. The van der Waals surface area contributed by atoms with Crippen molar-refractivity contribution in [2.75, 3.05) is 30.5 Å². The van der Waals surface area contributed by atoms with Crippen LogP contribution >= 0.6 is 23.1 Å². The quantitative estimate of drug-likeness (QED) is 0.644. The molecule has 2 N–H and O–H groups in total. The van der Waals surface area contributed by atoms with Gasteiger partial charge in [-0.05, 0) is 37.5 Å². The molecule has 0 spiro atoms. The predicted octanol–water partition coefficient (Wildman–Crippen LogP) is 2.26. The number of benzene rings is 1. The first-order chi connectivity index (χ1) is 13.4. The second kappa shape index (κ2) is 9.12. The van der Waals surface area contributed by atoms with Crippen LogP contribution in [0.1, 0.15) is 12.1 Å². The summed E-state index contributed by atoms with van der Waals surface area (Å²) in [6, 6.07) is 3.47. The molecule has 28 heavy (non-hydrogen) atoms. The van der Waals surface area contributed by atoms with E-state index in [-0.39, 0.29) is 4.90 Å². The number of nitrogens with zero attached hydrogens (tertiary/aromatic N) is 1. The molecule has 1 amide bonds. The van der Waals surface area contributed by atoms with E-state index in [2.05, 4.69) is 15.0 Å². The molecule has 152 valence electrons. The summed E-state index contributed by atoms with van der Waals surface area (Å²) < 4.78 is 39.1. The number of carbonyl (C=O) groups excluding carboxylic acids is 1. The number of aromatic nitrogens is 1. The summed E-state index contributed by atoms with van der Waals surface area (Å²) in [5, 5.41) is 4.93. The summed E-state index contributed by atoms with van der Waals surface area (Å²) in [6.07, 6.45) is 2.25. The average molecular weight is 444 g/mol. The summed E-state index contributed by atoms with van der Waals surface area (Å²) in [4.78, 5) is 16.9. The van der Waals surface area contributed by atoms with Gasteiger partial charge in [0.05, 0.1) is 10.6 Å². The standard InChI is InChI=1S/C17H21N3O5S3/c1-11-10-27-17(18-11)19-16(21)13(5-8-26-2)20-28(22,23)12-3-4-14-15(9-12)25-7-6-24-14/h3-4,9-10,13,20H,5-8H2,1-2H3,(H,18,19,21)/t13-/m1/s1. The van der Waals surface area contributed by atoms with Gasteiger partial charge in [-0.15, -0.1) is 11.3 Å². The largest absolute Gasteiger partial charge is 0.486 e. The summed E-state index contributed by atoms with van der Waals surface area (Å²) >= 11 is 2.83. The second-order valence-electron chi connectivity index (χ2n) is 6.04. The highest BCUT2D eigenvalue weighted by molar-refractivity contribution is 7.98. The van der Waals surface area contributed by atoms with Crippen molar-refractivity contribution in [3.63, 3.8) is 0 Å². The van der Waals surface area contributed by atoms with Crippen LogP contribution in [0, 0.1) is 6.92 Å². The van der Waals surface area contributed by atoms with Crippen LogP contribution in [0.4, 0.5) is 5.13 Å². The molecule has 11 heteroatoms. The van der Waals surface area contributed by atoms with E-state index >= 15 is 0 Å². The van der Waals surface area contributed by atoms with Gasteiger partial charge in [0.2, 0.25) is 15.9 Å². The number of hydrogen-bond donors (Lipinski definition) is 2. The topological polar surface area (TPSA) is 107 Å². The van der Waals surface area contributed by atoms with E-state index in [9.17, 15) is 13.2 Å². The Morgan fingerprint density at radius 2 is 2.07 bits per heavy atom. The Kier molecular flexibility index (Phi) is 6.81. The van der Waals surface area contributed by atoms with Crippen molar-refractivity contribution < 1.29 is 22.7 Å². The molecule has 0 aliphatic carbocycles. The van der Waals surface area contributed by atoms with E-state index in [4.69, 9.17) is 9.47 Å². The number of aryl methyl sites for hydroxylation is 1. The Morgan fingerprint density at radius 3 is 2.75 bits per heavy atom. The third-order valence-corrected chi connectivity index (χ3v) is 6.89. The maximum Gasteiger partial charge on any atom is 0.244 e. The third-order valence-electron chi connectivity index (χ3n) is 3.90. The maximum atomic E-state index is 12.8. The van der Waals surface area contributed by atoms with E-state index in [0.29, 0.717) is 42.0 Å². The number of nitrogens with one attached hydrogen (secondary N) is 2. The number of ether oxygens (including phenoxy) is 2. The number of carbonyl (C=O) groups is 1. The van der Waals surface area contributed by atoms with Gasteiger partial charge in [0, 0.05) is 11.4 Å². The summed E-state index contributed by atoms with van der Waals surface area (Å²) in [6.45, 7) is 2.60. The van der Waals surface area contributed by atoms with Crippen LogP contribution in [0.15, 0.2) is 28.5 Å². The molecule has 1 atom stereocenters. The van der Waals surface area contributed by atoms with Gasteiger partial charge in [0.1, 0.15) is 19.3 Å². The highest BCUT2D eigenvalue weighted by atomic mass is 32.2.